The lowest BCUT2D eigenvalue weighted by Crippen LogP contribution is -2.24. The van der Waals surface area contributed by atoms with Gasteiger partial charge in [0.2, 0.25) is 10.0 Å². The van der Waals surface area contributed by atoms with Crippen LogP contribution in [0.4, 0.5) is 0 Å². The van der Waals surface area contributed by atoms with Gasteiger partial charge in [0.15, 0.2) is 0 Å². The van der Waals surface area contributed by atoms with Crippen LogP contribution < -0.4 is 10.0 Å². The quantitative estimate of drug-likeness (QED) is 0.647. The molecule has 116 valence electrons. The summed E-state index contributed by atoms with van der Waals surface area (Å²) in [6.07, 6.45) is 1.86. The lowest BCUT2D eigenvalue weighted by molar-refractivity contribution is 0.0762. The van der Waals surface area contributed by atoms with Crippen molar-refractivity contribution in [3.05, 3.63) is 17.0 Å². The van der Waals surface area contributed by atoms with Gasteiger partial charge in [-0.3, -0.25) is 0 Å². The monoisotopic (exact) mass is 320 g/mol. The minimum absolute atomic E-state index is 0.225. The molecular weight excluding hydrogens is 296 g/mol. The van der Waals surface area contributed by atoms with E-state index in [1.807, 2.05) is 27.0 Å². The molecule has 0 aliphatic heterocycles. The summed E-state index contributed by atoms with van der Waals surface area (Å²) in [5, 5.41) is 3.01. The first kappa shape index (κ1) is 17.6. The zero-order chi connectivity index (χ0) is 15.0. The lowest BCUT2D eigenvalue weighted by atomic mass is 10.3. The molecule has 0 atom stereocenters. The molecule has 0 spiro atoms. The average molecular weight is 320 g/mol. The summed E-state index contributed by atoms with van der Waals surface area (Å²) in [5.74, 6) is 0. The van der Waals surface area contributed by atoms with Crippen LogP contribution in [0.1, 0.15) is 31.6 Å². The molecule has 7 heteroatoms. The molecule has 0 radical (unpaired) electrons. The highest BCUT2D eigenvalue weighted by molar-refractivity contribution is 7.91. The minimum atomic E-state index is -3.36. The van der Waals surface area contributed by atoms with Gasteiger partial charge in [0, 0.05) is 24.6 Å². The number of sulfonamides is 1. The fourth-order valence-corrected chi connectivity index (χ4v) is 4.08. The van der Waals surface area contributed by atoms with Crippen LogP contribution >= 0.6 is 11.3 Å². The summed E-state index contributed by atoms with van der Waals surface area (Å²) in [5.41, 5.74) is 0. The lowest BCUT2D eigenvalue weighted by Gasteiger charge is -2.07. The van der Waals surface area contributed by atoms with Crippen molar-refractivity contribution in [3.63, 3.8) is 0 Å². The van der Waals surface area contributed by atoms with Crippen molar-refractivity contribution in [1.29, 1.82) is 0 Å². The van der Waals surface area contributed by atoms with Crippen molar-refractivity contribution < 1.29 is 13.2 Å². The van der Waals surface area contributed by atoms with Crippen LogP contribution in [0.15, 0.2) is 16.3 Å². The van der Waals surface area contributed by atoms with Crippen molar-refractivity contribution >= 4 is 21.4 Å². The fourth-order valence-electron chi connectivity index (χ4n) is 1.60. The van der Waals surface area contributed by atoms with Crippen molar-refractivity contribution in [2.24, 2.45) is 0 Å². The van der Waals surface area contributed by atoms with Gasteiger partial charge in [0.05, 0.1) is 6.10 Å². The standard InChI is InChI=1S/C13H24N2O3S2/c1-11(2)18-9-5-4-8-15-20(16,17)13-7-6-12(19-13)10-14-3/h6-7,11,14-15H,4-5,8-10H2,1-3H3. The first-order chi connectivity index (χ1) is 9.45. The zero-order valence-electron chi connectivity index (χ0n) is 12.3. The minimum Gasteiger partial charge on any atom is -0.379 e. The number of thiophene rings is 1. The number of hydrogen-bond donors (Lipinski definition) is 2. The van der Waals surface area contributed by atoms with Crippen LogP contribution in [0.3, 0.4) is 0 Å². The van der Waals surface area contributed by atoms with Crippen LogP contribution in [0.2, 0.25) is 0 Å². The molecule has 5 nitrogen and oxygen atoms in total. The first-order valence-corrected chi connectivity index (χ1v) is 9.10. The highest BCUT2D eigenvalue weighted by atomic mass is 32.2. The number of rotatable bonds is 10. The Morgan fingerprint density at radius 1 is 1.30 bits per heavy atom. The maximum absolute atomic E-state index is 12.0. The number of nitrogens with one attached hydrogen (secondary N) is 2. The van der Waals surface area contributed by atoms with Crippen molar-refractivity contribution in [2.45, 2.75) is 43.5 Å². The molecule has 0 amide bonds. The molecular formula is C13H24N2O3S2. The molecule has 1 aromatic rings. The van der Waals surface area contributed by atoms with Crippen LogP contribution in [-0.4, -0.2) is 34.7 Å². The predicted octanol–water partition coefficient (Wildman–Crippen LogP) is 1.95. The Bertz CT molecular complexity index is 484. The van der Waals surface area contributed by atoms with E-state index in [1.165, 1.54) is 11.3 Å². The molecule has 2 N–H and O–H groups in total. The van der Waals surface area contributed by atoms with Gasteiger partial charge >= 0.3 is 0 Å². The van der Waals surface area contributed by atoms with Crippen LogP contribution in [0.5, 0.6) is 0 Å². The van der Waals surface area contributed by atoms with Gasteiger partial charge in [-0.1, -0.05) is 0 Å². The molecule has 0 fully saturated rings. The molecule has 1 heterocycles. The molecule has 0 aliphatic carbocycles. The number of ether oxygens (including phenoxy) is 1. The molecule has 0 saturated carbocycles. The summed E-state index contributed by atoms with van der Waals surface area (Å²) < 4.78 is 32.5. The van der Waals surface area contributed by atoms with E-state index in [-0.39, 0.29) is 6.10 Å². The van der Waals surface area contributed by atoms with E-state index in [4.69, 9.17) is 4.74 Å². The first-order valence-electron chi connectivity index (χ1n) is 6.80. The Morgan fingerprint density at radius 3 is 2.70 bits per heavy atom. The molecule has 0 saturated heterocycles. The largest absolute Gasteiger partial charge is 0.379 e. The number of hydrogen-bond acceptors (Lipinski definition) is 5. The highest BCUT2D eigenvalue weighted by Crippen LogP contribution is 2.21. The van der Waals surface area contributed by atoms with E-state index in [1.54, 1.807) is 6.07 Å². The number of unbranched alkanes of at least 4 members (excludes halogenated alkanes) is 1. The normalized spacial score (nSPS) is 12.2. The van der Waals surface area contributed by atoms with E-state index in [9.17, 15) is 8.42 Å². The van der Waals surface area contributed by atoms with E-state index in [0.717, 1.165) is 17.7 Å². The molecule has 1 rings (SSSR count). The third-order valence-corrected chi connectivity index (χ3v) is 5.61. The maximum atomic E-state index is 12.0. The van der Waals surface area contributed by atoms with Gasteiger partial charge in [-0.2, -0.15) is 0 Å². The molecule has 20 heavy (non-hydrogen) atoms. The van der Waals surface area contributed by atoms with E-state index >= 15 is 0 Å². The Morgan fingerprint density at radius 2 is 2.05 bits per heavy atom. The zero-order valence-corrected chi connectivity index (χ0v) is 13.9. The fraction of sp³-hybridized carbons (Fsp3) is 0.692. The van der Waals surface area contributed by atoms with E-state index in [2.05, 4.69) is 10.0 Å². The smallest absolute Gasteiger partial charge is 0.250 e. The summed E-state index contributed by atoms with van der Waals surface area (Å²) in [6.45, 7) is 5.78. The summed E-state index contributed by atoms with van der Waals surface area (Å²) in [6, 6.07) is 3.49. The van der Waals surface area contributed by atoms with Crippen LogP contribution in [0, 0.1) is 0 Å². The second kappa shape index (κ2) is 8.74. The second-order valence-electron chi connectivity index (χ2n) is 4.78. The molecule has 0 aliphatic rings. The Hall–Kier alpha value is -0.470. The molecule has 0 unspecified atom stereocenters. The molecule has 1 aromatic heterocycles. The third kappa shape index (κ3) is 6.32. The van der Waals surface area contributed by atoms with Gasteiger partial charge in [0.1, 0.15) is 4.21 Å². The summed E-state index contributed by atoms with van der Waals surface area (Å²) in [7, 11) is -1.52. The van der Waals surface area contributed by atoms with E-state index < -0.39 is 10.0 Å². The highest BCUT2D eigenvalue weighted by Gasteiger charge is 2.15. The predicted molar refractivity (Wildman–Crippen MR) is 82.6 cm³/mol. The Labute approximate surface area is 125 Å². The maximum Gasteiger partial charge on any atom is 0.250 e. The summed E-state index contributed by atoms with van der Waals surface area (Å²) in [4.78, 5) is 1.01. The SMILES string of the molecule is CNCc1ccc(S(=O)(=O)NCCCCOC(C)C)s1. The van der Waals surface area contributed by atoms with Crippen molar-refractivity contribution in [1.82, 2.24) is 10.0 Å². The third-order valence-electron chi connectivity index (χ3n) is 2.57. The van der Waals surface area contributed by atoms with Crippen LogP contribution in [0.25, 0.3) is 0 Å². The topological polar surface area (TPSA) is 67.4 Å². The van der Waals surface area contributed by atoms with Crippen LogP contribution in [-0.2, 0) is 21.3 Å². The van der Waals surface area contributed by atoms with Gasteiger partial charge in [-0.15, -0.1) is 11.3 Å². The Balaban J connectivity index is 2.33. The molecule has 0 aromatic carbocycles. The van der Waals surface area contributed by atoms with Gasteiger partial charge in [-0.05, 0) is 45.9 Å². The van der Waals surface area contributed by atoms with E-state index in [0.29, 0.717) is 23.9 Å². The van der Waals surface area contributed by atoms with Gasteiger partial charge in [0.25, 0.3) is 0 Å². The molecule has 0 bridgehead atoms. The second-order valence-corrected chi connectivity index (χ2v) is 7.94. The van der Waals surface area contributed by atoms with Gasteiger partial charge in [-0.25, -0.2) is 13.1 Å². The Kier molecular flexibility index (Phi) is 7.68. The van der Waals surface area contributed by atoms with Crippen molar-refractivity contribution in [2.75, 3.05) is 20.2 Å². The summed E-state index contributed by atoms with van der Waals surface area (Å²) >= 11 is 1.30. The van der Waals surface area contributed by atoms with Gasteiger partial charge < -0.3 is 10.1 Å². The van der Waals surface area contributed by atoms with Crippen molar-refractivity contribution in [3.8, 4) is 0 Å². The average Bonchev–Trinajstić information content (AvgIpc) is 2.83.